The summed E-state index contributed by atoms with van der Waals surface area (Å²) in [7, 11) is 0. The van der Waals surface area contributed by atoms with Crippen LogP contribution in [0.1, 0.15) is 16.7 Å². The summed E-state index contributed by atoms with van der Waals surface area (Å²) in [4.78, 5) is 7.27. The molecular weight excluding hydrogens is 268 g/mol. The maximum atomic E-state index is 9.02. The van der Waals surface area contributed by atoms with Crippen LogP contribution in [0.3, 0.4) is 0 Å². The third kappa shape index (κ3) is 2.10. The molecule has 20 heavy (non-hydrogen) atoms. The Balaban J connectivity index is 2.16. The first-order valence-electron chi connectivity index (χ1n) is 6.21. The van der Waals surface area contributed by atoms with Crippen LogP contribution in [-0.4, -0.2) is 14.5 Å². The summed E-state index contributed by atoms with van der Waals surface area (Å²) in [5, 5.41) is 9.02. The molecule has 1 N–H and O–H groups in total. The zero-order valence-corrected chi connectivity index (χ0v) is 11.7. The number of hydrogen-bond donors (Lipinski definition) is 1. The van der Waals surface area contributed by atoms with Crippen molar-refractivity contribution in [1.82, 2.24) is 14.5 Å². The van der Waals surface area contributed by atoms with Gasteiger partial charge in [-0.15, -0.1) is 0 Å². The summed E-state index contributed by atoms with van der Waals surface area (Å²) in [6.45, 7) is 2.70. The number of nitrogens with zero attached hydrogens (tertiary/aromatic N) is 3. The Kier molecular flexibility index (Phi) is 3.09. The third-order valence-electron chi connectivity index (χ3n) is 3.37. The molecule has 0 amide bonds. The van der Waals surface area contributed by atoms with E-state index in [0.29, 0.717) is 16.9 Å². The number of fused-ring (bicyclic) bond motifs is 1. The summed E-state index contributed by atoms with van der Waals surface area (Å²) in [5.74, 6) is 0. The van der Waals surface area contributed by atoms with Gasteiger partial charge >= 0.3 is 0 Å². The first-order chi connectivity index (χ1) is 9.69. The monoisotopic (exact) mass is 280 g/mol. The summed E-state index contributed by atoms with van der Waals surface area (Å²) < 4.78 is 2.67. The Labute approximate surface area is 121 Å². The van der Waals surface area contributed by atoms with E-state index in [1.165, 1.54) is 5.56 Å². The zero-order valence-electron chi connectivity index (χ0n) is 10.9. The zero-order chi connectivity index (χ0) is 14.1. The van der Waals surface area contributed by atoms with E-state index in [4.69, 9.17) is 17.5 Å². The van der Waals surface area contributed by atoms with E-state index in [1.807, 2.05) is 35.9 Å². The van der Waals surface area contributed by atoms with Crippen molar-refractivity contribution in [2.75, 3.05) is 0 Å². The number of hydrogen-bond acceptors (Lipinski definition) is 3. The maximum absolute atomic E-state index is 9.02. The van der Waals surface area contributed by atoms with Gasteiger partial charge in [-0.05, 0) is 54.5 Å². The van der Waals surface area contributed by atoms with Gasteiger partial charge in [-0.3, -0.25) is 4.98 Å². The van der Waals surface area contributed by atoms with Crippen molar-refractivity contribution in [3.05, 3.63) is 58.1 Å². The van der Waals surface area contributed by atoms with Gasteiger partial charge in [0, 0.05) is 12.4 Å². The van der Waals surface area contributed by atoms with Crippen molar-refractivity contribution in [2.45, 2.75) is 13.5 Å². The van der Waals surface area contributed by atoms with Gasteiger partial charge in [0.15, 0.2) is 4.77 Å². The van der Waals surface area contributed by atoms with Gasteiger partial charge in [0.05, 0.1) is 29.2 Å². The molecule has 0 radical (unpaired) electrons. The van der Waals surface area contributed by atoms with Crippen molar-refractivity contribution in [3.8, 4) is 6.07 Å². The Morgan fingerprint density at radius 2 is 2.25 bits per heavy atom. The number of aryl methyl sites for hydroxylation is 1. The second kappa shape index (κ2) is 4.91. The minimum absolute atomic E-state index is 0.631. The quantitative estimate of drug-likeness (QED) is 0.733. The van der Waals surface area contributed by atoms with Crippen LogP contribution in [0.5, 0.6) is 0 Å². The average Bonchev–Trinajstić information content (AvgIpc) is 2.77. The van der Waals surface area contributed by atoms with Crippen LogP contribution in [0.25, 0.3) is 11.0 Å². The smallest absolute Gasteiger partial charge is 0.178 e. The van der Waals surface area contributed by atoms with Gasteiger partial charge in [-0.2, -0.15) is 5.26 Å². The second-order valence-corrected chi connectivity index (χ2v) is 5.05. The molecule has 0 aliphatic carbocycles. The minimum Gasteiger partial charge on any atom is -0.331 e. The molecule has 0 spiro atoms. The van der Waals surface area contributed by atoms with E-state index in [1.54, 1.807) is 12.3 Å². The first-order valence-corrected chi connectivity index (χ1v) is 6.62. The van der Waals surface area contributed by atoms with Gasteiger partial charge < -0.3 is 9.55 Å². The molecule has 0 saturated carbocycles. The number of nitriles is 1. The summed E-state index contributed by atoms with van der Waals surface area (Å²) in [6, 6.07) is 9.68. The average molecular weight is 280 g/mol. The molecule has 98 valence electrons. The topological polar surface area (TPSA) is 57.4 Å². The summed E-state index contributed by atoms with van der Waals surface area (Å²) >= 11 is 5.38. The lowest BCUT2D eigenvalue weighted by Crippen LogP contribution is -2.02. The maximum Gasteiger partial charge on any atom is 0.178 e. The van der Waals surface area contributed by atoms with Crippen LogP contribution < -0.4 is 0 Å². The lowest BCUT2D eigenvalue weighted by Gasteiger charge is -2.07. The number of H-pyrrole nitrogens is 1. The van der Waals surface area contributed by atoms with E-state index in [-0.39, 0.29) is 0 Å². The van der Waals surface area contributed by atoms with E-state index < -0.39 is 0 Å². The Morgan fingerprint density at radius 1 is 1.40 bits per heavy atom. The predicted molar refractivity (Wildman–Crippen MR) is 79.9 cm³/mol. The van der Waals surface area contributed by atoms with Crippen LogP contribution in [0.15, 0.2) is 36.7 Å². The highest BCUT2D eigenvalue weighted by atomic mass is 32.1. The van der Waals surface area contributed by atoms with E-state index in [0.717, 1.165) is 16.6 Å². The van der Waals surface area contributed by atoms with Gasteiger partial charge in [0.25, 0.3) is 0 Å². The molecule has 0 fully saturated rings. The molecule has 0 unspecified atom stereocenters. The van der Waals surface area contributed by atoms with E-state index >= 15 is 0 Å². The van der Waals surface area contributed by atoms with Crippen molar-refractivity contribution in [2.24, 2.45) is 0 Å². The Morgan fingerprint density at radius 3 is 3.00 bits per heavy atom. The van der Waals surface area contributed by atoms with Crippen LogP contribution >= 0.6 is 12.2 Å². The Hall–Kier alpha value is -2.45. The number of aromatic amines is 1. The predicted octanol–water partition coefficient (Wildman–Crippen LogP) is 3.32. The van der Waals surface area contributed by atoms with E-state index in [9.17, 15) is 0 Å². The third-order valence-corrected chi connectivity index (χ3v) is 3.69. The highest BCUT2D eigenvalue weighted by Crippen LogP contribution is 2.18. The minimum atomic E-state index is 0.631. The number of imidazole rings is 1. The molecule has 5 heteroatoms. The Bertz CT molecular complexity index is 883. The molecule has 0 bridgehead atoms. The molecule has 0 aliphatic rings. The van der Waals surface area contributed by atoms with Crippen molar-refractivity contribution < 1.29 is 0 Å². The molecule has 0 atom stereocenters. The molecule has 2 aromatic heterocycles. The largest absolute Gasteiger partial charge is 0.331 e. The van der Waals surface area contributed by atoms with Crippen molar-refractivity contribution >= 4 is 23.3 Å². The standard InChI is InChI=1S/C15H12N4S/c1-10-8-17-5-4-12(10)9-19-14-6-11(7-16)2-3-13(14)18-15(19)20/h2-6,8H,9H2,1H3,(H,18,20). The molecule has 0 saturated heterocycles. The molecule has 3 aromatic rings. The highest BCUT2D eigenvalue weighted by Gasteiger charge is 2.07. The van der Waals surface area contributed by atoms with Gasteiger partial charge in [0.2, 0.25) is 0 Å². The van der Waals surface area contributed by atoms with E-state index in [2.05, 4.69) is 16.0 Å². The molecular formula is C15H12N4S. The van der Waals surface area contributed by atoms with Gasteiger partial charge in [0.1, 0.15) is 0 Å². The molecule has 2 heterocycles. The van der Waals surface area contributed by atoms with Crippen molar-refractivity contribution in [3.63, 3.8) is 0 Å². The normalized spacial score (nSPS) is 10.6. The lowest BCUT2D eigenvalue weighted by atomic mass is 10.1. The first kappa shape index (κ1) is 12.6. The molecule has 1 aromatic carbocycles. The number of pyridine rings is 1. The summed E-state index contributed by atoms with van der Waals surface area (Å²) in [5.41, 5.74) is 4.82. The van der Waals surface area contributed by atoms with Crippen LogP contribution in [0, 0.1) is 23.0 Å². The fraction of sp³-hybridized carbons (Fsp3) is 0.133. The number of benzene rings is 1. The molecule has 4 nitrogen and oxygen atoms in total. The fourth-order valence-corrected chi connectivity index (χ4v) is 2.50. The number of rotatable bonds is 2. The number of aromatic nitrogens is 3. The molecule has 0 aliphatic heterocycles. The van der Waals surface area contributed by atoms with Crippen molar-refractivity contribution in [1.29, 1.82) is 5.26 Å². The number of nitrogens with one attached hydrogen (secondary N) is 1. The lowest BCUT2D eigenvalue weighted by molar-refractivity contribution is 0.802. The van der Waals surface area contributed by atoms with Gasteiger partial charge in [-0.25, -0.2) is 0 Å². The van der Waals surface area contributed by atoms with Crippen LogP contribution in [0.4, 0.5) is 0 Å². The fourth-order valence-electron chi connectivity index (χ4n) is 2.23. The summed E-state index contributed by atoms with van der Waals surface area (Å²) in [6.07, 6.45) is 3.62. The highest BCUT2D eigenvalue weighted by molar-refractivity contribution is 7.71. The SMILES string of the molecule is Cc1cnccc1Cn1c(=S)[nH]c2ccc(C#N)cc21. The van der Waals surface area contributed by atoms with Crippen LogP contribution in [0.2, 0.25) is 0 Å². The molecule has 3 rings (SSSR count). The van der Waals surface area contributed by atoms with Gasteiger partial charge in [-0.1, -0.05) is 0 Å². The van der Waals surface area contributed by atoms with Crippen LogP contribution in [-0.2, 0) is 6.54 Å². The second-order valence-electron chi connectivity index (χ2n) is 4.66.